The molecule has 0 N–H and O–H groups in total. The van der Waals surface area contributed by atoms with Gasteiger partial charge in [0.2, 0.25) is 17.7 Å². The number of carbonyl (C=O) groups is 2. The zero-order valence-corrected chi connectivity index (χ0v) is 25.5. The third-order valence-electron chi connectivity index (χ3n) is 8.18. The van der Waals surface area contributed by atoms with Crippen molar-refractivity contribution in [1.29, 1.82) is 0 Å². The molecule has 3 aromatic heterocycles. The van der Waals surface area contributed by atoms with E-state index in [4.69, 9.17) is 19.4 Å². The molecular formula is C33H35FN6O5. The van der Waals surface area contributed by atoms with Crippen molar-refractivity contribution in [3.63, 3.8) is 0 Å². The number of methoxy groups -OCH3 is 1. The zero-order valence-electron chi connectivity index (χ0n) is 25.5. The van der Waals surface area contributed by atoms with Crippen molar-refractivity contribution in [3.05, 3.63) is 83.7 Å². The fourth-order valence-corrected chi connectivity index (χ4v) is 5.99. The molecule has 0 aliphatic carbocycles. The standard InChI is InChI=1S/C33H35FN6O5/c1-21-28(18-27(42)15-25-20-38(11-13-43-3)45-32(25)23-9-10-35-30(34)17-23)40(26-7-5-4-6-8-26)37-31(21)24-16-29-33(36-19-24)44-14-12-39(29)22(2)41/h4-10,16-17,19,25,32H,11-15,18,20H2,1-3H3/t25-,32+/m1/s1. The molecule has 234 valence electrons. The topological polar surface area (TPSA) is 112 Å². The molecule has 0 radical (unpaired) electrons. The largest absolute Gasteiger partial charge is 0.474 e. The van der Waals surface area contributed by atoms with Crippen molar-refractivity contribution in [2.45, 2.75) is 32.8 Å². The van der Waals surface area contributed by atoms with Gasteiger partial charge in [-0.2, -0.15) is 14.6 Å². The molecule has 12 heteroatoms. The summed E-state index contributed by atoms with van der Waals surface area (Å²) in [7, 11) is 1.62. The number of hydroxylamine groups is 2. The van der Waals surface area contributed by atoms with Crippen molar-refractivity contribution in [2.75, 3.05) is 44.9 Å². The molecule has 1 aromatic carbocycles. The van der Waals surface area contributed by atoms with Gasteiger partial charge in [-0.15, -0.1) is 0 Å². The summed E-state index contributed by atoms with van der Waals surface area (Å²) >= 11 is 0. The highest BCUT2D eigenvalue weighted by atomic mass is 19.1. The van der Waals surface area contributed by atoms with E-state index in [1.165, 1.54) is 19.2 Å². The molecule has 1 saturated heterocycles. The number of Topliss-reactive ketones (excluding diaryl/α,β-unsaturated/α-hetero) is 1. The van der Waals surface area contributed by atoms with Gasteiger partial charge in [0.1, 0.15) is 24.2 Å². The summed E-state index contributed by atoms with van der Waals surface area (Å²) < 4.78 is 26.7. The number of hydrogen-bond donors (Lipinski definition) is 0. The van der Waals surface area contributed by atoms with Crippen LogP contribution in [0.25, 0.3) is 16.9 Å². The van der Waals surface area contributed by atoms with E-state index in [1.807, 2.05) is 43.3 Å². The van der Waals surface area contributed by atoms with Crippen molar-refractivity contribution in [3.8, 4) is 22.8 Å². The molecule has 2 aliphatic heterocycles. The number of amides is 1. The first-order valence-electron chi connectivity index (χ1n) is 14.9. The number of ether oxygens (including phenoxy) is 2. The number of benzene rings is 1. The van der Waals surface area contributed by atoms with Gasteiger partial charge in [-0.05, 0) is 48.4 Å². The van der Waals surface area contributed by atoms with Crippen LogP contribution in [0.2, 0.25) is 0 Å². The lowest BCUT2D eigenvalue weighted by Gasteiger charge is -2.27. The minimum atomic E-state index is -0.596. The molecule has 1 amide bonds. The van der Waals surface area contributed by atoms with E-state index in [0.29, 0.717) is 61.2 Å². The fraction of sp³-hybridized carbons (Fsp3) is 0.364. The Balaban J connectivity index is 1.31. The van der Waals surface area contributed by atoms with E-state index in [-0.39, 0.29) is 30.4 Å². The Hall–Kier alpha value is -4.52. The van der Waals surface area contributed by atoms with Gasteiger partial charge in [0, 0.05) is 63.8 Å². The molecule has 4 aromatic rings. The van der Waals surface area contributed by atoms with Crippen molar-refractivity contribution in [2.24, 2.45) is 5.92 Å². The first kappa shape index (κ1) is 30.5. The molecule has 0 bridgehead atoms. The summed E-state index contributed by atoms with van der Waals surface area (Å²) in [5, 5.41) is 6.73. The van der Waals surface area contributed by atoms with Gasteiger partial charge in [-0.1, -0.05) is 18.2 Å². The van der Waals surface area contributed by atoms with Gasteiger partial charge in [0.15, 0.2) is 0 Å². The summed E-state index contributed by atoms with van der Waals surface area (Å²) in [4.78, 5) is 42.1. The smallest absolute Gasteiger partial charge is 0.238 e. The summed E-state index contributed by atoms with van der Waals surface area (Å²) in [5.74, 6) is -0.491. The molecule has 2 atom stereocenters. The van der Waals surface area contributed by atoms with Crippen LogP contribution < -0.4 is 9.64 Å². The van der Waals surface area contributed by atoms with Crippen LogP contribution in [-0.4, -0.2) is 76.5 Å². The Bertz CT molecular complexity index is 1700. The number of para-hydroxylation sites is 1. The third kappa shape index (κ3) is 6.48. The molecule has 0 saturated carbocycles. The van der Waals surface area contributed by atoms with Gasteiger partial charge in [-0.3, -0.25) is 14.4 Å². The first-order chi connectivity index (χ1) is 21.8. The monoisotopic (exact) mass is 614 g/mol. The average Bonchev–Trinajstić information content (AvgIpc) is 3.59. The van der Waals surface area contributed by atoms with Crippen LogP contribution in [0, 0.1) is 18.8 Å². The number of aromatic nitrogens is 4. The van der Waals surface area contributed by atoms with Crippen LogP contribution in [0.5, 0.6) is 5.88 Å². The van der Waals surface area contributed by atoms with Crippen LogP contribution in [-0.2, 0) is 25.6 Å². The maximum atomic E-state index is 14.0. The highest BCUT2D eigenvalue weighted by Crippen LogP contribution is 2.38. The number of halogens is 1. The van der Waals surface area contributed by atoms with Crippen molar-refractivity contribution >= 4 is 17.4 Å². The molecule has 0 spiro atoms. The fourth-order valence-electron chi connectivity index (χ4n) is 5.99. The second-order valence-corrected chi connectivity index (χ2v) is 11.2. The van der Waals surface area contributed by atoms with Crippen molar-refractivity contribution < 1.29 is 28.3 Å². The highest BCUT2D eigenvalue weighted by molar-refractivity contribution is 5.94. The molecule has 2 aliphatic rings. The molecule has 0 unspecified atom stereocenters. The Labute approximate surface area is 260 Å². The van der Waals surface area contributed by atoms with Crippen LogP contribution >= 0.6 is 0 Å². The average molecular weight is 615 g/mol. The predicted molar refractivity (Wildman–Crippen MR) is 163 cm³/mol. The zero-order chi connectivity index (χ0) is 31.5. The van der Waals surface area contributed by atoms with Gasteiger partial charge >= 0.3 is 0 Å². The summed E-state index contributed by atoms with van der Waals surface area (Å²) in [5.41, 5.74) is 4.99. The quantitative estimate of drug-likeness (QED) is 0.242. The van der Waals surface area contributed by atoms with E-state index in [2.05, 4.69) is 9.97 Å². The van der Waals surface area contributed by atoms with E-state index in [1.54, 1.807) is 34.0 Å². The van der Waals surface area contributed by atoms with E-state index < -0.39 is 12.1 Å². The van der Waals surface area contributed by atoms with Crippen molar-refractivity contribution in [1.82, 2.24) is 24.8 Å². The third-order valence-corrected chi connectivity index (χ3v) is 8.18. The predicted octanol–water partition coefficient (Wildman–Crippen LogP) is 4.27. The van der Waals surface area contributed by atoms with Crippen LogP contribution in [0.15, 0.2) is 60.9 Å². The molecule has 1 fully saturated rings. The first-order valence-corrected chi connectivity index (χ1v) is 14.9. The van der Waals surface area contributed by atoms with E-state index >= 15 is 0 Å². The maximum absolute atomic E-state index is 14.0. The number of carbonyl (C=O) groups excluding carboxylic acids is 2. The van der Waals surface area contributed by atoms with E-state index in [0.717, 1.165) is 16.9 Å². The lowest BCUT2D eigenvalue weighted by molar-refractivity contribution is -0.155. The van der Waals surface area contributed by atoms with Gasteiger partial charge in [-0.25, -0.2) is 14.6 Å². The van der Waals surface area contributed by atoms with Gasteiger partial charge in [0.25, 0.3) is 0 Å². The van der Waals surface area contributed by atoms with Crippen LogP contribution in [0.1, 0.15) is 36.3 Å². The number of anilines is 1. The normalized spacial score (nSPS) is 18.1. The number of nitrogens with zero attached hydrogens (tertiary/aromatic N) is 6. The Morgan fingerprint density at radius 2 is 1.96 bits per heavy atom. The van der Waals surface area contributed by atoms with Crippen LogP contribution in [0.3, 0.4) is 0 Å². The molecule has 5 heterocycles. The Kier molecular flexibility index (Phi) is 8.97. The highest BCUT2D eigenvalue weighted by Gasteiger charge is 2.37. The Morgan fingerprint density at radius 3 is 2.71 bits per heavy atom. The molecular weight excluding hydrogens is 579 g/mol. The summed E-state index contributed by atoms with van der Waals surface area (Å²) in [6.07, 6.45) is 2.94. The van der Waals surface area contributed by atoms with Gasteiger partial charge < -0.3 is 14.4 Å². The van der Waals surface area contributed by atoms with E-state index in [9.17, 15) is 14.0 Å². The Morgan fingerprint density at radius 1 is 1.13 bits per heavy atom. The summed E-state index contributed by atoms with van der Waals surface area (Å²) in [6.45, 7) is 5.76. The van der Waals surface area contributed by atoms with Crippen LogP contribution in [0.4, 0.5) is 10.1 Å². The number of rotatable bonds is 10. The lowest BCUT2D eigenvalue weighted by atomic mass is 9.91. The number of ketones is 1. The second kappa shape index (κ2) is 13.2. The van der Waals surface area contributed by atoms with Gasteiger partial charge in [0.05, 0.1) is 30.2 Å². The minimum Gasteiger partial charge on any atom is -0.474 e. The second-order valence-electron chi connectivity index (χ2n) is 11.2. The molecule has 45 heavy (non-hydrogen) atoms. The SMILES string of the molecule is COCCN1C[C@@H](CC(=O)Cc2c(C)c(-c3cnc4c(c3)N(C(C)=O)CCO4)nn2-c2ccccc2)[C@H](c2ccnc(F)c2)O1. The number of pyridine rings is 2. The molecule has 6 rings (SSSR count). The summed E-state index contributed by atoms with van der Waals surface area (Å²) in [6, 6.07) is 14.6. The number of fused-ring (bicyclic) bond motifs is 1. The molecule has 11 nitrogen and oxygen atoms in total. The minimum absolute atomic E-state index is 0.00294. The number of hydrogen-bond acceptors (Lipinski definition) is 9. The lowest BCUT2D eigenvalue weighted by Crippen LogP contribution is -2.36. The maximum Gasteiger partial charge on any atom is 0.238 e.